The molecule has 0 bridgehead atoms. The van der Waals surface area contributed by atoms with Crippen molar-refractivity contribution in [2.75, 3.05) is 13.2 Å². The number of hydrogen-bond acceptors (Lipinski definition) is 4. The molecule has 0 radical (unpaired) electrons. The van der Waals surface area contributed by atoms with Gasteiger partial charge in [0.25, 0.3) is 0 Å². The van der Waals surface area contributed by atoms with Crippen molar-refractivity contribution in [1.29, 1.82) is 0 Å². The summed E-state index contributed by atoms with van der Waals surface area (Å²) in [7, 11) is 0. The maximum atomic E-state index is 12.5. The van der Waals surface area contributed by atoms with Crippen molar-refractivity contribution in [1.82, 2.24) is 0 Å². The van der Waals surface area contributed by atoms with E-state index in [1.807, 2.05) is 12.1 Å². The summed E-state index contributed by atoms with van der Waals surface area (Å²) >= 11 is 0. The average molecular weight is 378 g/mol. The first-order valence-corrected chi connectivity index (χ1v) is 10.2. The second-order valence-corrected chi connectivity index (χ2v) is 7.30. The van der Waals surface area contributed by atoms with Crippen LogP contribution < -0.4 is 5.73 Å². The molecule has 2 rings (SSSR count). The van der Waals surface area contributed by atoms with Crippen LogP contribution in [0.15, 0.2) is 24.3 Å². The quantitative estimate of drug-likeness (QED) is 0.449. The van der Waals surface area contributed by atoms with E-state index >= 15 is 0 Å². The number of ketones is 1. The van der Waals surface area contributed by atoms with Crippen molar-refractivity contribution < 1.29 is 19.8 Å². The number of carboxylic acids is 1. The maximum absolute atomic E-state index is 12.5. The number of aryl methyl sites for hydroxylation is 1. The molecule has 1 saturated carbocycles. The number of carbonyl (C=O) groups excluding carboxylic acids is 1. The summed E-state index contributed by atoms with van der Waals surface area (Å²) in [5.41, 5.74) is 7.85. The number of aliphatic carboxylic acids is 1. The molecule has 0 amide bonds. The Hall–Kier alpha value is -1.72. The van der Waals surface area contributed by atoms with E-state index in [1.54, 1.807) is 6.92 Å². The van der Waals surface area contributed by atoms with Gasteiger partial charge in [0, 0.05) is 24.5 Å². The van der Waals surface area contributed by atoms with Crippen molar-refractivity contribution in [2.45, 2.75) is 64.7 Å². The number of Topliss-reactive ketones (excluding diaryl/α,β-unsaturated/α-hetero) is 1. The van der Waals surface area contributed by atoms with Crippen LogP contribution in [0.25, 0.3) is 0 Å². The van der Waals surface area contributed by atoms with Crippen LogP contribution in [0.2, 0.25) is 0 Å². The van der Waals surface area contributed by atoms with Gasteiger partial charge >= 0.3 is 5.97 Å². The van der Waals surface area contributed by atoms with Crippen molar-refractivity contribution in [3.05, 3.63) is 35.4 Å². The minimum absolute atomic E-state index is 0.193. The topological polar surface area (TPSA) is 101 Å². The van der Waals surface area contributed by atoms with Crippen molar-refractivity contribution >= 4 is 11.8 Å². The van der Waals surface area contributed by atoms with Crippen molar-refractivity contribution in [2.24, 2.45) is 17.6 Å². The molecular weight excluding hydrogens is 342 g/mol. The predicted octanol–water partition coefficient (Wildman–Crippen LogP) is 3.82. The lowest BCUT2D eigenvalue weighted by Gasteiger charge is -2.26. The van der Waals surface area contributed by atoms with Gasteiger partial charge in [-0.3, -0.25) is 9.59 Å². The Bertz CT molecular complexity index is 548. The normalized spacial score (nSPS) is 19.1. The molecule has 0 aliphatic heterocycles. The van der Waals surface area contributed by atoms with Crippen molar-refractivity contribution in [3.8, 4) is 0 Å². The van der Waals surface area contributed by atoms with Crippen LogP contribution in [0, 0.1) is 11.8 Å². The Kier molecular flexibility index (Phi) is 11.6. The van der Waals surface area contributed by atoms with Gasteiger partial charge in [-0.2, -0.15) is 0 Å². The van der Waals surface area contributed by atoms with Crippen molar-refractivity contribution in [3.63, 3.8) is 0 Å². The number of benzene rings is 1. The van der Waals surface area contributed by atoms with E-state index in [0.717, 1.165) is 63.5 Å². The van der Waals surface area contributed by atoms with Crippen LogP contribution in [0.1, 0.15) is 74.2 Å². The first-order valence-electron chi connectivity index (χ1n) is 10.2. The summed E-state index contributed by atoms with van der Waals surface area (Å²) in [6.07, 6.45) is 8.44. The van der Waals surface area contributed by atoms with Gasteiger partial charge in [0.05, 0.1) is 0 Å². The SMILES string of the molecule is CCC(=O)O.NCC1CCC(C(=O)c2ccc(CCCCCO)cc2)CC1. The molecule has 152 valence electrons. The Balaban J connectivity index is 0.000000646. The zero-order valence-electron chi connectivity index (χ0n) is 16.5. The number of nitrogens with two attached hydrogens (primary N) is 1. The molecule has 5 heteroatoms. The second-order valence-electron chi connectivity index (χ2n) is 7.30. The molecule has 0 atom stereocenters. The summed E-state index contributed by atoms with van der Waals surface area (Å²) in [6, 6.07) is 8.13. The Morgan fingerprint density at radius 3 is 2.11 bits per heavy atom. The maximum Gasteiger partial charge on any atom is 0.303 e. The van der Waals surface area contributed by atoms with E-state index in [9.17, 15) is 9.59 Å². The van der Waals surface area contributed by atoms with Crippen LogP contribution >= 0.6 is 0 Å². The van der Waals surface area contributed by atoms with E-state index in [0.29, 0.717) is 11.7 Å². The fourth-order valence-corrected chi connectivity index (χ4v) is 3.35. The highest BCUT2D eigenvalue weighted by Crippen LogP contribution is 2.30. The molecule has 27 heavy (non-hydrogen) atoms. The summed E-state index contributed by atoms with van der Waals surface area (Å²) < 4.78 is 0. The molecule has 4 N–H and O–H groups in total. The summed E-state index contributed by atoms with van der Waals surface area (Å²) in [5, 5.41) is 16.5. The van der Waals surface area contributed by atoms with Gasteiger partial charge in [-0.1, -0.05) is 37.6 Å². The number of hydrogen-bond donors (Lipinski definition) is 3. The van der Waals surface area contributed by atoms with Crippen LogP contribution in [0.3, 0.4) is 0 Å². The summed E-state index contributed by atoms with van der Waals surface area (Å²) in [4.78, 5) is 21.9. The van der Waals surface area contributed by atoms with E-state index in [1.165, 1.54) is 5.56 Å². The molecule has 0 aromatic heterocycles. The van der Waals surface area contributed by atoms with E-state index in [4.69, 9.17) is 15.9 Å². The highest BCUT2D eigenvalue weighted by Gasteiger charge is 2.26. The van der Waals surface area contributed by atoms with E-state index in [2.05, 4.69) is 12.1 Å². The standard InChI is InChI=1S/C19H29NO2.C3H6O2/c20-14-16-7-11-18(12-8-16)19(22)17-9-5-15(6-10-17)4-2-1-3-13-21;1-2-3(4)5/h5-6,9-10,16,18,21H,1-4,7-8,11-14,20H2;2H2,1H3,(H,4,5). The van der Waals surface area contributed by atoms with Gasteiger partial charge in [0.2, 0.25) is 0 Å². The molecule has 1 aromatic carbocycles. The number of rotatable bonds is 9. The number of carbonyl (C=O) groups is 2. The highest BCUT2D eigenvalue weighted by atomic mass is 16.4. The van der Waals surface area contributed by atoms with E-state index < -0.39 is 5.97 Å². The number of aliphatic hydroxyl groups is 1. The lowest BCUT2D eigenvalue weighted by molar-refractivity contribution is -0.136. The smallest absolute Gasteiger partial charge is 0.303 e. The zero-order valence-corrected chi connectivity index (χ0v) is 16.5. The molecule has 5 nitrogen and oxygen atoms in total. The number of aliphatic hydroxyl groups excluding tert-OH is 1. The monoisotopic (exact) mass is 377 g/mol. The zero-order chi connectivity index (χ0) is 20.1. The first-order chi connectivity index (χ1) is 13.0. The molecule has 1 aliphatic carbocycles. The molecule has 0 unspecified atom stereocenters. The summed E-state index contributed by atoms with van der Waals surface area (Å²) in [6.45, 7) is 2.63. The third-order valence-electron chi connectivity index (χ3n) is 5.22. The van der Waals surface area contributed by atoms with Crippen LogP contribution in [-0.4, -0.2) is 35.1 Å². The molecule has 1 aromatic rings. The minimum atomic E-state index is -0.745. The molecule has 1 fully saturated rings. The van der Waals surface area contributed by atoms with E-state index in [-0.39, 0.29) is 18.9 Å². The third kappa shape index (κ3) is 9.16. The first kappa shape index (κ1) is 23.3. The molecule has 0 heterocycles. The average Bonchev–Trinajstić information content (AvgIpc) is 2.71. The lowest BCUT2D eigenvalue weighted by Crippen LogP contribution is -2.25. The number of unbranched alkanes of at least 4 members (excludes halogenated alkanes) is 2. The van der Waals surface area contributed by atoms with Gasteiger partial charge in [0.15, 0.2) is 5.78 Å². The fourth-order valence-electron chi connectivity index (χ4n) is 3.35. The van der Waals surface area contributed by atoms with Crippen LogP contribution in [0.4, 0.5) is 0 Å². The van der Waals surface area contributed by atoms with Gasteiger partial charge in [0.1, 0.15) is 0 Å². The highest BCUT2D eigenvalue weighted by molar-refractivity contribution is 5.97. The lowest BCUT2D eigenvalue weighted by atomic mass is 9.78. The fraction of sp³-hybridized carbons (Fsp3) is 0.636. The Morgan fingerprint density at radius 1 is 1.04 bits per heavy atom. The second kappa shape index (κ2) is 13.4. The minimum Gasteiger partial charge on any atom is -0.481 e. The Labute approximate surface area is 163 Å². The van der Waals surface area contributed by atoms with Crippen LogP contribution in [-0.2, 0) is 11.2 Å². The summed E-state index contributed by atoms with van der Waals surface area (Å²) in [5.74, 6) is 0.371. The third-order valence-corrected chi connectivity index (χ3v) is 5.22. The van der Waals surface area contributed by atoms with Gasteiger partial charge in [-0.25, -0.2) is 0 Å². The molecular formula is C22H35NO4. The van der Waals surface area contributed by atoms with Gasteiger partial charge in [-0.15, -0.1) is 0 Å². The molecule has 0 saturated heterocycles. The predicted molar refractivity (Wildman–Crippen MR) is 108 cm³/mol. The largest absolute Gasteiger partial charge is 0.481 e. The molecule has 1 aliphatic rings. The molecule has 0 spiro atoms. The van der Waals surface area contributed by atoms with Gasteiger partial charge in [-0.05, 0) is 63.0 Å². The van der Waals surface area contributed by atoms with Gasteiger partial charge < -0.3 is 15.9 Å². The number of carboxylic acid groups (broad SMARTS) is 1. The van der Waals surface area contributed by atoms with Crippen LogP contribution in [0.5, 0.6) is 0 Å². The Morgan fingerprint density at radius 2 is 1.63 bits per heavy atom.